The molecule has 2 aliphatic heterocycles. The Morgan fingerprint density at radius 2 is 1.96 bits per heavy atom. The molecule has 0 N–H and O–H groups in total. The second-order valence-electron chi connectivity index (χ2n) is 5.75. The number of halogens is 1. The molecule has 1 fully saturated rings. The monoisotopic (exact) mass is 398 g/mol. The maximum atomic E-state index is 13.0. The molecule has 2 aliphatic rings. The molecule has 0 bridgehead atoms. The quantitative estimate of drug-likeness (QED) is 0.674. The molecular formula is C14H15ClN6O2S2. The molecule has 11 heteroatoms. The summed E-state index contributed by atoms with van der Waals surface area (Å²) in [6.07, 6.45) is 3.34. The van der Waals surface area contributed by atoms with E-state index in [-0.39, 0.29) is 4.90 Å². The highest BCUT2D eigenvalue weighted by Gasteiger charge is 2.31. The van der Waals surface area contributed by atoms with Crippen molar-refractivity contribution in [2.24, 2.45) is 8.73 Å². The van der Waals surface area contributed by atoms with Gasteiger partial charge in [0.15, 0.2) is 0 Å². The van der Waals surface area contributed by atoms with Crippen LogP contribution in [0.4, 0.5) is 11.4 Å². The van der Waals surface area contributed by atoms with Crippen LogP contribution in [0.2, 0.25) is 5.02 Å². The molecule has 4 rings (SSSR count). The van der Waals surface area contributed by atoms with Crippen LogP contribution < -0.4 is 0 Å². The van der Waals surface area contributed by atoms with Gasteiger partial charge in [-0.1, -0.05) is 17.7 Å². The third kappa shape index (κ3) is 3.27. The van der Waals surface area contributed by atoms with E-state index in [1.807, 2.05) is 0 Å². The first-order valence-corrected chi connectivity index (χ1v) is 10.2. The van der Waals surface area contributed by atoms with Crippen LogP contribution in [0, 0.1) is 0 Å². The minimum absolute atomic E-state index is 0.228. The van der Waals surface area contributed by atoms with Gasteiger partial charge in [0.25, 0.3) is 0 Å². The normalized spacial score (nSPS) is 18.3. The van der Waals surface area contributed by atoms with Gasteiger partial charge >= 0.3 is 0 Å². The lowest BCUT2D eigenvalue weighted by Gasteiger charge is -2.33. The zero-order valence-electron chi connectivity index (χ0n) is 13.1. The molecule has 0 aliphatic carbocycles. The van der Waals surface area contributed by atoms with E-state index < -0.39 is 10.0 Å². The number of hydrogen-bond acceptors (Lipinski definition) is 6. The third-order valence-corrected chi connectivity index (χ3v) is 6.81. The number of fused-ring (bicyclic) bond motifs is 1. The summed E-state index contributed by atoms with van der Waals surface area (Å²) in [4.78, 5) is 2.37. The van der Waals surface area contributed by atoms with Crippen molar-refractivity contribution in [1.82, 2.24) is 19.0 Å². The van der Waals surface area contributed by atoms with Gasteiger partial charge in [-0.25, -0.2) is 8.42 Å². The SMILES string of the molecule is O=S(=O)(c1cccc2c1N=S=N2)N1CCN(Cn2cc(Cl)cn2)CC1. The van der Waals surface area contributed by atoms with Gasteiger partial charge in [0.05, 0.1) is 29.2 Å². The molecule has 1 saturated heterocycles. The van der Waals surface area contributed by atoms with E-state index in [1.165, 1.54) is 4.31 Å². The zero-order valence-corrected chi connectivity index (χ0v) is 15.5. The van der Waals surface area contributed by atoms with Gasteiger partial charge in [0.2, 0.25) is 10.0 Å². The molecule has 0 atom stereocenters. The van der Waals surface area contributed by atoms with Crippen LogP contribution in [0.15, 0.2) is 44.2 Å². The van der Waals surface area contributed by atoms with Gasteiger partial charge in [-0.05, 0) is 12.1 Å². The van der Waals surface area contributed by atoms with Crippen molar-refractivity contribution in [3.63, 3.8) is 0 Å². The van der Waals surface area contributed by atoms with Gasteiger partial charge in [-0.2, -0.15) is 18.1 Å². The van der Waals surface area contributed by atoms with E-state index >= 15 is 0 Å². The van der Waals surface area contributed by atoms with Crippen molar-refractivity contribution in [2.45, 2.75) is 11.6 Å². The predicted octanol–water partition coefficient (Wildman–Crippen LogP) is 2.23. The largest absolute Gasteiger partial charge is 0.282 e. The highest BCUT2D eigenvalue weighted by molar-refractivity contribution is 7.89. The second kappa shape index (κ2) is 6.61. The van der Waals surface area contributed by atoms with Crippen LogP contribution in [0.1, 0.15) is 0 Å². The number of rotatable bonds is 4. The maximum Gasteiger partial charge on any atom is 0.245 e. The minimum atomic E-state index is -3.58. The molecule has 0 radical (unpaired) electrons. The molecular weight excluding hydrogens is 384 g/mol. The van der Waals surface area contributed by atoms with E-state index in [0.29, 0.717) is 49.2 Å². The lowest BCUT2D eigenvalue weighted by molar-refractivity contribution is 0.146. The lowest BCUT2D eigenvalue weighted by Crippen LogP contribution is -2.48. The van der Waals surface area contributed by atoms with E-state index in [4.69, 9.17) is 11.6 Å². The highest BCUT2D eigenvalue weighted by Crippen LogP contribution is 2.38. The number of aromatic nitrogens is 2. The predicted molar refractivity (Wildman–Crippen MR) is 95.6 cm³/mol. The Balaban J connectivity index is 1.47. The average Bonchev–Trinajstić information content (AvgIpc) is 3.23. The van der Waals surface area contributed by atoms with Gasteiger partial charge < -0.3 is 0 Å². The number of hydrogen-bond donors (Lipinski definition) is 0. The number of nitrogens with zero attached hydrogens (tertiary/aromatic N) is 6. The van der Waals surface area contributed by atoms with Crippen molar-refractivity contribution in [3.8, 4) is 0 Å². The number of sulfonamides is 1. The fourth-order valence-electron chi connectivity index (χ4n) is 2.86. The summed E-state index contributed by atoms with van der Waals surface area (Å²) in [5.74, 6) is 0. The molecule has 3 heterocycles. The summed E-state index contributed by atoms with van der Waals surface area (Å²) in [6, 6.07) is 5.07. The molecule has 0 spiro atoms. The van der Waals surface area contributed by atoms with Crippen molar-refractivity contribution in [1.29, 1.82) is 0 Å². The summed E-state index contributed by atoms with van der Waals surface area (Å²) < 4.78 is 37.5. The van der Waals surface area contributed by atoms with Gasteiger partial charge in [-0.15, -0.1) is 0 Å². The fraction of sp³-hybridized carbons (Fsp3) is 0.357. The Morgan fingerprint density at radius 3 is 2.68 bits per heavy atom. The van der Waals surface area contributed by atoms with Crippen molar-refractivity contribution in [2.75, 3.05) is 26.2 Å². The average molecular weight is 399 g/mol. The van der Waals surface area contributed by atoms with Crippen molar-refractivity contribution >= 4 is 44.4 Å². The maximum absolute atomic E-state index is 13.0. The van der Waals surface area contributed by atoms with Crippen LogP contribution in [-0.2, 0) is 28.0 Å². The number of piperazine rings is 1. The van der Waals surface area contributed by atoms with Gasteiger partial charge in [0, 0.05) is 32.4 Å². The van der Waals surface area contributed by atoms with Crippen LogP contribution >= 0.6 is 11.6 Å². The lowest BCUT2D eigenvalue weighted by atomic mass is 10.3. The Morgan fingerprint density at radius 1 is 1.16 bits per heavy atom. The van der Waals surface area contributed by atoms with Crippen LogP contribution in [-0.4, -0.2) is 53.6 Å². The van der Waals surface area contributed by atoms with E-state index in [0.717, 1.165) is 11.4 Å². The summed E-state index contributed by atoms with van der Waals surface area (Å²) >= 11 is 6.89. The first-order valence-electron chi connectivity index (χ1n) is 7.66. The van der Waals surface area contributed by atoms with Crippen LogP contribution in [0.5, 0.6) is 0 Å². The van der Waals surface area contributed by atoms with E-state index in [2.05, 4.69) is 18.7 Å². The Kier molecular flexibility index (Phi) is 4.46. The van der Waals surface area contributed by atoms with Crippen LogP contribution in [0.25, 0.3) is 0 Å². The zero-order chi connectivity index (χ0) is 17.4. The van der Waals surface area contributed by atoms with E-state index in [1.54, 1.807) is 35.3 Å². The summed E-state index contributed by atoms with van der Waals surface area (Å²) in [5, 5.41) is 4.74. The molecule has 1 aromatic carbocycles. The topological polar surface area (TPSA) is 83.2 Å². The fourth-order valence-corrected chi connectivity index (χ4v) is 5.19. The van der Waals surface area contributed by atoms with Gasteiger partial charge in [-0.3, -0.25) is 9.58 Å². The molecule has 25 heavy (non-hydrogen) atoms. The summed E-state index contributed by atoms with van der Waals surface area (Å²) in [5.41, 5.74) is 1.06. The minimum Gasteiger partial charge on any atom is -0.282 e. The van der Waals surface area contributed by atoms with Crippen molar-refractivity contribution < 1.29 is 8.42 Å². The third-order valence-electron chi connectivity index (χ3n) is 4.14. The molecule has 8 nitrogen and oxygen atoms in total. The Labute approximate surface area is 153 Å². The molecule has 1 aromatic heterocycles. The summed E-state index contributed by atoms with van der Waals surface area (Å²) in [6.45, 7) is 2.69. The van der Waals surface area contributed by atoms with E-state index in [9.17, 15) is 8.42 Å². The molecule has 0 saturated carbocycles. The molecule has 0 amide bonds. The first-order chi connectivity index (χ1) is 12.0. The summed E-state index contributed by atoms with van der Waals surface area (Å²) in [7, 11) is -3.58. The molecule has 2 aromatic rings. The van der Waals surface area contributed by atoms with Gasteiger partial charge in [0.1, 0.15) is 16.3 Å². The molecule has 0 unspecified atom stereocenters. The Hall–Kier alpha value is -1.59. The van der Waals surface area contributed by atoms with Crippen LogP contribution in [0.3, 0.4) is 0 Å². The Bertz CT molecular complexity index is 975. The number of benzene rings is 1. The standard InChI is InChI=1S/C14H15ClN6O2S2/c15-11-8-16-20(9-11)10-19-4-6-21(7-5-19)25(22,23)13-3-1-2-12-14(13)18-24-17-12/h1-3,8-9H,4-7,10H2. The molecule has 132 valence electrons. The second-order valence-corrected chi connectivity index (χ2v) is 8.62. The van der Waals surface area contributed by atoms with Crippen molar-refractivity contribution in [3.05, 3.63) is 35.6 Å². The highest BCUT2D eigenvalue weighted by atomic mass is 35.5. The smallest absolute Gasteiger partial charge is 0.245 e. The first kappa shape index (κ1) is 16.9.